The second-order valence-electron chi connectivity index (χ2n) is 18.6. The fraction of sp³-hybridized carbons (Fsp3) is 0. The van der Waals surface area contributed by atoms with Crippen molar-refractivity contribution in [2.45, 2.75) is 0 Å². The molecule has 362 valence electrons. The number of para-hydroxylation sites is 4. The number of pyridine rings is 4. The second-order valence-corrected chi connectivity index (χ2v) is 18.6. The summed E-state index contributed by atoms with van der Waals surface area (Å²) >= 11 is 0. The van der Waals surface area contributed by atoms with Gasteiger partial charge in [0.05, 0.1) is 12.6 Å². The molecule has 78 heavy (non-hydrogen) atoms. The number of fused-ring (bicyclic) bond motifs is 7. The minimum atomic E-state index is -0.103. The largest absolute Gasteiger partial charge is 0.277 e. The number of nitriles is 1. The van der Waals surface area contributed by atoms with Gasteiger partial charge in [-0.3, -0.25) is 18.3 Å². The molecule has 8 aromatic heterocycles. The first kappa shape index (κ1) is 44.0. The van der Waals surface area contributed by atoms with Crippen LogP contribution in [0.3, 0.4) is 0 Å². The third-order valence-corrected chi connectivity index (χ3v) is 14.2. The van der Waals surface area contributed by atoms with E-state index in [1.54, 1.807) is 24.8 Å². The molecule has 0 atom stereocenters. The molecule has 0 radical (unpaired) electrons. The average Bonchev–Trinajstić information content (AvgIpc) is 4.45. The quantitative estimate of drug-likeness (QED) is 0.107. The van der Waals surface area contributed by atoms with Gasteiger partial charge >= 0.3 is 0 Å². The lowest BCUT2D eigenvalue weighted by atomic mass is 9.91. The molecule has 8 heterocycles. The van der Waals surface area contributed by atoms with E-state index in [1.807, 2.05) is 170 Å². The molecular weight excluding hydrogens is 965 g/mol. The maximum absolute atomic E-state index is 11.3. The highest BCUT2D eigenvalue weighted by Crippen LogP contribution is 2.56. The molecule has 14 heteroatoms. The highest BCUT2D eigenvalue weighted by Gasteiger charge is 2.37. The fourth-order valence-corrected chi connectivity index (χ4v) is 11.1. The van der Waals surface area contributed by atoms with Crippen molar-refractivity contribution in [2.75, 3.05) is 0 Å². The van der Waals surface area contributed by atoms with Crippen LogP contribution in [-0.2, 0) is 0 Å². The average molecular weight is 1000 g/mol. The molecule has 1 aliphatic carbocycles. The molecule has 0 aliphatic heterocycles. The zero-order valence-electron chi connectivity index (χ0n) is 41.0. The molecule has 0 amide bonds. The Bertz CT molecular complexity index is 4560. The molecule has 1 aliphatic rings. The zero-order chi connectivity index (χ0) is 51.8. The topological polar surface area (TPSA) is 151 Å². The van der Waals surface area contributed by atoms with Gasteiger partial charge in [-0.1, -0.05) is 72.8 Å². The Kier molecular flexibility index (Phi) is 9.93. The van der Waals surface area contributed by atoms with E-state index in [9.17, 15) is 5.26 Å². The lowest BCUT2D eigenvalue weighted by molar-refractivity contribution is 1.07. The van der Waals surface area contributed by atoms with E-state index in [0.717, 1.165) is 33.9 Å². The molecule has 0 saturated carbocycles. The van der Waals surface area contributed by atoms with Crippen LogP contribution >= 0.6 is 0 Å². The normalized spacial score (nSPS) is 11.8. The number of hydrogen-bond donors (Lipinski definition) is 0. The Balaban J connectivity index is 1.14. The van der Waals surface area contributed by atoms with Crippen molar-refractivity contribution < 1.29 is 0 Å². The van der Waals surface area contributed by atoms with Crippen molar-refractivity contribution in [2.24, 2.45) is 0 Å². The summed E-state index contributed by atoms with van der Waals surface area (Å²) in [6.07, 6.45) is 7.08. The van der Waals surface area contributed by atoms with Gasteiger partial charge in [0.1, 0.15) is 45.4 Å². The predicted molar refractivity (Wildman–Crippen MR) is 302 cm³/mol. The van der Waals surface area contributed by atoms with Gasteiger partial charge in [0, 0.05) is 86.5 Å². The Morgan fingerprint density at radius 3 is 0.974 bits per heavy atom. The van der Waals surface area contributed by atoms with Gasteiger partial charge in [-0.05, 0) is 132 Å². The minimum absolute atomic E-state index is 0.103. The van der Waals surface area contributed by atoms with Crippen molar-refractivity contribution in [3.8, 4) is 85.5 Å². The summed E-state index contributed by atoms with van der Waals surface area (Å²) in [5, 5.41) is 11.3. The predicted octanol–water partition coefficient (Wildman–Crippen LogP) is 13.5. The summed E-state index contributed by atoms with van der Waals surface area (Å²) < 4.78 is 8.25. The first-order valence-corrected chi connectivity index (χ1v) is 25.1. The van der Waals surface area contributed by atoms with Crippen LogP contribution in [-0.4, -0.2) is 58.1 Å². The van der Waals surface area contributed by atoms with Crippen molar-refractivity contribution in [3.63, 3.8) is 0 Å². The molecule has 15 rings (SSSR count). The van der Waals surface area contributed by atoms with E-state index in [0.29, 0.717) is 107 Å². The molecule has 0 spiro atoms. The summed E-state index contributed by atoms with van der Waals surface area (Å²) in [5.41, 5.74) is 14.5. The molecule has 0 fully saturated rings. The van der Waals surface area contributed by atoms with E-state index in [-0.39, 0.29) is 5.70 Å². The maximum Gasteiger partial charge on any atom is 0.270 e. The Morgan fingerprint density at radius 2 is 0.667 bits per heavy atom. The molecule has 14 nitrogen and oxygen atoms in total. The number of rotatable bonds is 8. The minimum Gasteiger partial charge on any atom is -0.277 e. The van der Waals surface area contributed by atoms with Gasteiger partial charge in [-0.15, -0.1) is 0 Å². The standard InChI is InChI=1S/C64H36N14/c1-66-53(38-65)54-45-34-39(57-71-49-26-14-30-67-61(49)75(57)41-18-6-2-7-19-41)36-47(59-73-51-28-16-32-69-63(51)77(59)43-22-10-4-11-23-43)55(45)56-46(54)35-40(58-72-50-27-15-31-68-62(50)76(58)42-20-8-3-9-21-42)37-48(56)60-74-52-29-17-33-70-64(52)78(60)44-24-12-5-13-25-44/h2-37H. The SMILES string of the molecule is [C-]#[N+]C(C#N)=C1c2cc(-c3nc4cccnc4n3-c3ccccc3)cc(-c3nc4cccnc4n3-c3ccccc3)c2-c2c1cc(-c1nc3cccnc3n1-c1ccccc1)cc2-c1nc2cccnc2n1-c1ccccc1. The van der Waals surface area contributed by atoms with Crippen LogP contribution in [0.1, 0.15) is 11.1 Å². The van der Waals surface area contributed by atoms with E-state index in [1.165, 1.54) is 0 Å². The first-order chi connectivity index (χ1) is 38.6. The van der Waals surface area contributed by atoms with Crippen LogP contribution in [0.5, 0.6) is 0 Å². The van der Waals surface area contributed by atoms with Gasteiger partial charge in [0.25, 0.3) is 5.70 Å². The van der Waals surface area contributed by atoms with Crippen molar-refractivity contribution >= 4 is 50.2 Å². The molecular formula is C64H36N14. The Morgan fingerprint density at radius 1 is 0.372 bits per heavy atom. The molecule has 6 aromatic carbocycles. The number of benzene rings is 6. The second kappa shape index (κ2) is 17.6. The van der Waals surface area contributed by atoms with E-state index < -0.39 is 0 Å². The van der Waals surface area contributed by atoms with E-state index in [4.69, 9.17) is 46.4 Å². The van der Waals surface area contributed by atoms with Crippen molar-refractivity contribution in [1.29, 1.82) is 5.26 Å². The Hall–Kier alpha value is -11.5. The monoisotopic (exact) mass is 1000 g/mol. The molecule has 14 aromatic rings. The summed E-state index contributed by atoms with van der Waals surface area (Å²) in [4.78, 5) is 45.3. The lowest BCUT2D eigenvalue weighted by Gasteiger charge is -2.18. The smallest absolute Gasteiger partial charge is 0.270 e. The number of nitrogens with zero attached hydrogens (tertiary/aromatic N) is 14. The summed E-state index contributed by atoms with van der Waals surface area (Å²) in [5.74, 6) is 2.34. The number of imidazole rings is 4. The third kappa shape index (κ3) is 6.74. The summed E-state index contributed by atoms with van der Waals surface area (Å²) in [6.45, 7) is 8.80. The van der Waals surface area contributed by atoms with Gasteiger partial charge in [0.2, 0.25) is 0 Å². The number of aromatic nitrogens is 12. The van der Waals surface area contributed by atoms with Crippen LogP contribution in [0.15, 0.2) is 225 Å². The van der Waals surface area contributed by atoms with Crippen LogP contribution in [0, 0.1) is 17.9 Å². The number of allylic oxidation sites excluding steroid dienone is 1. The van der Waals surface area contributed by atoms with Crippen molar-refractivity contribution in [3.05, 3.63) is 247 Å². The van der Waals surface area contributed by atoms with E-state index in [2.05, 4.69) is 53.4 Å². The highest BCUT2D eigenvalue weighted by molar-refractivity contribution is 6.14. The van der Waals surface area contributed by atoms with Gasteiger partial charge in [-0.25, -0.2) is 50.0 Å². The summed E-state index contributed by atoms with van der Waals surface area (Å²) in [6, 6.07) is 66.2. The maximum atomic E-state index is 11.3. The summed E-state index contributed by atoms with van der Waals surface area (Å²) in [7, 11) is 0. The van der Waals surface area contributed by atoms with E-state index >= 15 is 0 Å². The Labute approximate surface area is 444 Å². The van der Waals surface area contributed by atoms with Gasteiger partial charge in [0.15, 0.2) is 22.6 Å². The lowest BCUT2D eigenvalue weighted by Crippen LogP contribution is -2.04. The van der Waals surface area contributed by atoms with Crippen LogP contribution in [0.2, 0.25) is 0 Å². The first-order valence-electron chi connectivity index (χ1n) is 25.1. The molecule has 0 bridgehead atoms. The molecule has 0 saturated heterocycles. The highest BCUT2D eigenvalue weighted by atomic mass is 15.2. The zero-order valence-corrected chi connectivity index (χ0v) is 41.0. The van der Waals surface area contributed by atoms with Crippen LogP contribution in [0.25, 0.3) is 135 Å². The van der Waals surface area contributed by atoms with Gasteiger partial charge in [-0.2, -0.15) is 0 Å². The van der Waals surface area contributed by atoms with Crippen molar-refractivity contribution in [1.82, 2.24) is 58.1 Å². The third-order valence-electron chi connectivity index (χ3n) is 14.2. The molecule has 0 N–H and O–H groups in total. The molecule has 0 unspecified atom stereocenters. The van der Waals surface area contributed by atoms with Gasteiger partial charge < -0.3 is 0 Å². The fourth-order valence-electron chi connectivity index (χ4n) is 11.1. The number of hydrogen-bond acceptors (Lipinski definition) is 9. The van der Waals surface area contributed by atoms with Crippen LogP contribution in [0.4, 0.5) is 0 Å². The van der Waals surface area contributed by atoms with Crippen LogP contribution < -0.4 is 0 Å².